The van der Waals surface area contributed by atoms with Gasteiger partial charge in [0, 0.05) is 34.2 Å². The van der Waals surface area contributed by atoms with Crippen LogP contribution >= 0.6 is 11.3 Å². The molecule has 2 rings (SSSR count). The van der Waals surface area contributed by atoms with E-state index >= 15 is 0 Å². The van der Waals surface area contributed by atoms with Crippen molar-refractivity contribution in [1.82, 2.24) is 5.43 Å². The lowest BCUT2D eigenvalue weighted by atomic mass is 10.1. The maximum Gasteiger partial charge on any atom is 0.416 e. The maximum absolute atomic E-state index is 12.7. The Bertz CT molecular complexity index is 925. The first-order chi connectivity index (χ1) is 13.0. The number of nitro groups is 1. The molecular weight excluding hydrogens is 399 g/mol. The van der Waals surface area contributed by atoms with Crippen LogP contribution in [0.4, 0.5) is 24.5 Å². The highest BCUT2D eigenvalue weighted by molar-refractivity contribution is 7.12. The van der Waals surface area contributed by atoms with Crippen LogP contribution in [0.2, 0.25) is 0 Å². The zero-order chi connectivity index (χ0) is 21.1. The number of alkyl halides is 3. The van der Waals surface area contributed by atoms with E-state index in [2.05, 4.69) is 10.9 Å². The van der Waals surface area contributed by atoms with E-state index in [9.17, 15) is 32.9 Å². The highest BCUT2D eigenvalue weighted by atomic mass is 32.1. The number of aryl methyl sites for hydroxylation is 2. The fourth-order valence-electron chi connectivity index (χ4n) is 2.43. The SMILES string of the molecule is Cc1cc(C(=O)CCC(=O)NNc2ccc(C(F)(F)F)cc2[N+](=O)[O-])c(C)s1. The smallest absolute Gasteiger partial charge is 0.294 e. The molecule has 0 saturated carbocycles. The average molecular weight is 415 g/mol. The molecule has 0 aliphatic carbocycles. The third-order valence-electron chi connectivity index (χ3n) is 3.78. The van der Waals surface area contributed by atoms with Gasteiger partial charge >= 0.3 is 6.18 Å². The molecule has 1 heterocycles. The molecule has 7 nitrogen and oxygen atoms in total. The first-order valence-electron chi connectivity index (χ1n) is 7.99. The summed E-state index contributed by atoms with van der Waals surface area (Å²) in [6, 6.07) is 3.63. The van der Waals surface area contributed by atoms with Crippen LogP contribution in [0, 0.1) is 24.0 Å². The molecule has 1 amide bonds. The van der Waals surface area contributed by atoms with Gasteiger partial charge in [-0.3, -0.25) is 30.6 Å². The van der Waals surface area contributed by atoms with Crippen molar-refractivity contribution in [2.45, 2.75) is 32.9 Å². The van der Waals surface area contributed by atoms with Crippen molar-refractivity contribution in [3.05, 3.63) is 55.3 Å². The summed E-state index contributed by atoms with van der Waals surface area (Å²) in [6.45, 7) is 3.66. The lowest BCUT2D eigenvalue weighted by molar-refractivity contribution is -0.384. The van der Waals surface area contributed by atoms with Gasteiger partial charge in [0.05, 0.1) is 10.5 Å². The van der Waals surface area contributed by atoms with E-state index in [4.69, 9.17) is 0 Å². The average Bonchev–Trinajstić information content (AvgIpc) is 2.95. The predicted octanol–water partition coefficient (Wildman–Crippen LogP) is 4.40. The number of amides is 1. The molecule has 0 spiro atoms. The molecule has 0 aliphatic heterocycles. The van der Waals surface area contributed by atoms with Crippen LogP contribution in [0.3, 0.4) is 0 Å². The van der Waals surface area contributed by atoms with Crippen LogP contribution in [-0.4, -0.2) is 16.6 Å². The molecule has 1 aromatic heterocycles. The van der Waals surface area contributed by atoms with Gasteiger partial charge < -0.3 is 0 Å². The largest absolute Gasteiger partial charge is 0.416 e. The Morgan fingerprint density at radius 1 is 1.18 bits per heavy atom. The normalized spacial score (nSPS) is 11.2. The number of anilines is 1. The van der Waals surface area contributed by atoms with Gasteiger partial charge in [-0.05, 0) is 32.0 Å². The molecule has 0 fully saturated rings. The van der Waals surface area contributed by atoms with Crippen molar-refractivity contribution < 1.29 is 27.7 Å². The van der Waals surface area contributed by atoms with Crippen LogP contribution in [0.1, 0.15) is 38.5 Å². The van der Waals surface area contributed by atoms with E-state index in [1.165, 1.54) is 11.3 Å². The van der Waals surface area contributed by atoms with E-state index in [1.807, 2.05) is 6.92 Å². The number of carbonyl (C=O) groups is 2. The summed E-state index contributed by atoms with van der Waals surface area (Å²) < 4.78 is 38.0. The Morgan fingerprint density at radius 3 is 2.39 bits per heavy atom. The second kappa shape index (κ2) is 8.38. The molecule has 0 saturated heterocycles. The fourth-order valence-corrected chi connectivity index (χ4v) is 3.38. The fraction of sp³-hybridized carbons (Fsp3) is 0.294. The van der Waals surface area contributed by atoms with Crippen molar-refractivity contribution in [3.8, 4) is 0 Å². The van der Waals surface area contributed by atoms with Crippen molar-refractivity contribution in [3.63, 3.8) is 0 Å². The van der Waals surface area contributed by atoms with Crippen LogP contribution in [-0.2, 0) is 11.0 Å². The van der Waals surface area contributed by atoms with E-state index in [-0.39, 0.29) is 24.3 Å². The van der Waals surface area contributed by atoms with Gasteiger partial charge in [-0.2, -0.15) is 13.2 Å². The molecule has 2 aromatic rings. The third-order valence-corrected chi connectivity index (χ3v) is 4.74. The number of benzene rings is 1. The number of ketones is 1. The number of rotatable bonds is 7. The number of Topliss-reactive ketones (excluding diaryl/α,β-unsaturated/α-hetero) is 1. The molecule has 28 heavy (non-hydrogen) atoms. The van der Waals surface area contributed by atoms with E-state index in [0.717, 1.165) is 15.8 Å². The maximum atomic E-state index is 12.7. The molecule has 1 aromatic carbocycles. The van der Waals surface area contributed by atoms with Crippen molar-refractivity contribution in [2.75, 3.05) is 5.43 Å². The Morgan fingerprint density at radius 2 is 1.86 bits per heavy atom. The number of nitrogens with one attached hydrogen (secondary N) is 2. The van der Waals surface area contributed by atoms with Gasteiger partial charge in [-0.15, -0.1) is 11.3 Å². The minimum atomic E-state index is -4.73. The monoisotopic (exact) mass is 415 g/mol. The minimum Gasteiger partial charge on any atom is -0.294 e. The van der Waals surface area contributed by atoms with E-state index < -0.39 is 28.3 Å². The van der Waals surface area contributed by atoms with Gasteiger partial charge in [-0.25, -0.2) is 0 Å². The number of hydrogen-bond donors (Lipinski definition) is 2. The summed E-state index contributed by atoms with van der Waals surface area (Å²) in [5.74, 6) is -0.843. The third kappa shape index (κ3) is 5.28. The van der Waals surface area contributed by atoms with Gasteiger partial charge in [0.1, 0.15) is 5.69 Å². The number of thiophene rings is 1. The zero-order valence-corrected chi connectivity index (χ0v) is 15.7. The van der Waals surface area contributed by atoms with E-state index in [0.29, 0.717) is 17.7 Å². The van der Waals surface area contributed by atoms with Gasteiger partial charge in [0.15, 0.2) is 5.78 Å². The number of halogens is 3. The number of nitrogens with zero attached hydrogens (tertiary/aromatic N) is 1. The van der Waals surface area contributed by atoms with Crippen molar-refractivity contribution in [1.29, 1.82) is 0 Å². The zero-order valence-electron chi connectivity index (χ0n) is 14.8. The summed E-state index contributed by atoms with van der Waals surface area (Å²) in [5.41, 5.74) is 2.61. The minimum absolute atomic E-state index is 0.0698. The lowest BCUT2D eigenvalue weighted by Crippen LogP contribution is -2.30. The number of carbonyl (C=O) groups excluding carboxylic acids is 2. The van der Waals surface area contributed by atoms with E-state index in [1.54, 1.807) is 13.0 Å². The van der Waals surface area contributed by atoms with Crippen LogP contribution in [0.15, 0.2) is 24.3 Å². The van der Waals surface area contributed by atoms with Crippen molar-refractivity contribution >= 4 is 34.4 Å². The molecule has 2 N–H and O–H groups in total. The first kappa shape index (κ1) is 21.4. The first-order valence-corrected chi connectivity index (χ1v) is 8.81. The summed E-state index contributed by atoms with van der Waals surface area (Å²) >= 11 is 1.47. The second-order valence-electron chi connectivity index (χ2n) is 5.91. The molecule has 0 atom stereocenters. The summed E-state index contributed by atoms with van der Waals surface area (Å²) in [4.78, 5) is 35.8. The molecule has 0 radical (unpaired) electrons. The van der Waals surface area contributed by atoms with Gasteiger partial charge in [-0.1, -0.05) is 0 Å². The second-order valence-corrected chi connectivity index (χ2v) is 7.37. The van der Waals surface area contributed by atoms with Gasteiger partial charge in [0.25, 0.3) is 5.69 Å². The van der Waals surface area contributed by atoms with Crippen LogP contribution in [0.25, 0.3) is 0 Å². The Hall–Kier alpha value is -2.95. The molecule has 0 aliphatic rings. The summed E-state index contributed by atoms with van der Waals surface area (Å²) in [5, 5.41) is 11.0. The number of nitro benzene ring substituents is 1. The number of hydrogen-bond acceptors (Lipinski definition) is 6. The topological polar surface area (TPSA) is 101 Å². The standard InChI is InChI=1S/C17H16F3N3O4S/c1-9-7-12(10(2)28-9)15(24)5-6-16(25)22-21-13-4-3-11(17(18,19)20)8-14(13)23(26)27/h3-4,7-8,21H,5-6H2,1-2H3,(H,22,25). The molecule has 11 heteroatoms. The molecular formula is C17H16F3N3O4S. The van der Waals surface area contributed by atoms with Crippen LogP contribution in [0.5, 0.6) is 0 Å². The highest BCUT2D eigenvalue weighted by Crippen LogP contribution is 2.34. The molecule has 0 bridgehead atoms. The molecule has 0 unspecified atom stereocenters. The summed E-state index contributed by atoms with van der Waals surface area (Å²) in [7, 11) is 0. The van der Waals surface area contributed by atoms with Crippen molar-refractivity contribution in [2.24, 2.45) is 0 Å². The Kier molecular flexibility index (Phi) is 6.39. The Balaban J connectivity index is 1.98. The Labute approximate surface area is 161 Å². The quantitative estimate of drug-likeness (QED) is 0.397. The predicted molar refractivity (Wildman–Crippen MR) is 97.2 cm³/mol. The van der Waals surface area contributed by atoms with Gasteiger partial charge in [0.2, 0.25) is 5.91 Å². The van der Waals surface area contributed by atoms with Crippen LogP contribution < -0.4 is 10.9 Å². The highest BCUT2D eigenvalue weighted by Gasteiger charge is 2.33. The number of hydrazine groups is 1. The molecule has 150 valence electrons. The lowest BCUT2D eigenvalue weighted by Gasteiger charge is -2.11. The summed E-state index contributed by atoms with van der Waals surface area (Å²) in [6.07, 6.45) is -4.99.